The van der Waals surface area contributed by atoms with E-state index in [1.54, 1.807) is 24.3 Å². The van der Waals surface area contributed by atoms with Crippen molar-refractivity contribution in [3.63, 3.8) is 0 Å². The van der Waals surface area contributed by atoms with Crippen molar-refractivity contribution in [3.8, 4) is 5.75 Å². The van der Waals surface area contributed by atoms with E-state index in [2.05, 4.69) is 31.1 Å². The Labute approximate surface area is 164 Å². The molecule has 0 bridgehead atoms. The van der Waals surface area contributed by atoms with Crippen molar-refractivity contribution in [1.82, 2.24) is 20.5 Å². The molecule has 0 aliphatic rings. The lowest BCUT2D eigenvalue weighted by molar-refractivity contribution is 0.209. The summed E-state index contributed by atoms with van der Waals surface area (Å²) >= 11 is 6.01. The third-order valence-electron chi connectivity index (χ3n) is 3.94. The van der Waals surface area contributed by atoms with Crippen LogP contribution in [-0.2, 0) is 0 Å². The number of carbonyl (C=O) groups excluding carboxylic acids is 1. The van der Waals surface area contributed by atoms with Gasteiger partial charge in [-0.05, 0) is 24.6 Å². The molecule has 0 saturated carbocycles. The summed E-state index contributed by atoms with van der Waals surface area (Å²) in [6.45, 7) is 1.82. The van der Waals surface area contributed by atoms with Crippen molar-refractivity contribution in [2.75, 3.05) is 17.7 Å². The average Bonchev–Trinajstić information content (AvgIpc) is 3.03. The first-order chi connectivity index (χ1) is 13.4. The van der Waals surface area contributed by atoms with E-state index in [9.17, 15) is 9.59 Å². The van der Waals surface area contributed by atoms with Crippen molar-refractivity contribution in [2.45, 2.75) is 13.0 Å². The van der Waals surface area contributed by atoms with Crippen LogP contribution in [0.15, 0.2) is 30.5 Å². The zero-order valence-corrected chi connectivity index (χ0v) is 15.7. The number of hydrogen-bond acceptors (Lipinski definition) is 5. The van der Waals surface area contributed by atoms with Crippen LogP contribution < -0.4 is 20.7 Å². The molecule has 5 N–H and O–H groups in total. The Morgan fingerprint density at radius 1 is 1.29 bits per heavy atom. The van der Waals surface area contributed by atoms with Gasteiger partial charge in [0.25, 0.3) is 0 Å². The molecule has 146 valence electrons. The SMILES string of the molecule is COc1cc(C(C)NC(=O)Nc2cc3[nH]nc(NC(=O)O)c3cn2)ccc1Cl. The molecule has 11 heteroatoms. The molecule has 1 atom stereocenters. The normalized spacial score (nSPS) is 11.7. The van der Waals surface area contributed by atoms with Crippen LogP contribution in [0.3, 0.4) is 0 Å². The Morgan fingerprint density at radius 2 is 2.07 bits per heavy atom. The molecule has 0 fully saturated rings. The third kappa shape index (κ3) is 4.23. The Hall–Kier alpha value is -3.53. The van der Waals surface area contributed by atoms with Gasteiger partial charge in [0, 0.05) is 12.3 Å². The molecular weight excluding hydrogens is 388 g/mol. The zero-order chi connectivity index (χ0) is 20.3. The quantitative estimate of drug-likeness (QED) is 0.440. The first-order valence-electron chi connectivity index (χ1n) is 8.12. The number of urea groups is 1. The van der Waals surface area contributed by atoms with E-state index in [-0.39, 0.29) is 17.7 Å². The maximum atomic E-state index is 12.3. The van der Waals surface area contributed by atoms with Gasteiger partial charge in [0.1, 0.15) is 11.6 Å². The number of methoxy groups -OCH3 is 1. The summed E-state index contributed by atoms with van der Waals surface area (Å²) < 4.78 is 5.18. The number of anilines is 2. The second kappa shape index (κ2) is 8.01. The number of amides is 3. The van der Waals surface area contributed by atoms with Crippen LogP contribution in [0.1, 0.15) is 18.5 Å². The van der Waals surface area contributed by atoms with Crippen LogP contribution in [0.5, 0.6) is 5.75 Å². The van der Waals surface area contributed by atoms with Gasteiger partial charge >= 0.3 is 12.1 Å². The lowest BCUT2D eigenvalue weighted by Crippen LogP contribution is -2.31. The monoisotopic (exact) mass is 404 g/mol. The molecule has 10 nitrogen and oxygen atoms in total. The number of benzene rings is 1. The van der Waals surface area contributed by atoms with Gasteiger partial charge in [-0.1, -0.05) is 17.7 Å². The molecule has 1 unspecified atom stereocenters. The topological polar surface area (TPSA) is 141 Å². The lowest BCUT2D eigenvalue weighted by Gasteiger charge is -2.16. The summed E-state index contributed by atoms with van der Waals surface area (Å²) in [5.74, 6) is 0.929. The van der Waals surface area contributed by atoms with E-state index in [0.29, 0.717) is 21.7 Å². The van der Waals surface area contributed by atoms with Crippen molar-refractivity contribution in [2.24, 2.45) is 0 Å². The smallest absolute Gasteiger partial charge is 0.410 e. The number of pyridine rings is 1. The number of carbonyl (C=O) groups is 2. The van der Waals surface area contributed by atoms with E-state index in [1.807, 2.05) is 6.92 Å². The fourth-order valence-corrected chi connectivity index (χ4v) is 2.75. The summed E-state index contributed by atoms with van der Waals surface area (Å²) in [5, 5.41) is 23.9. The third-order valence-corrected chi connectivity index (χ3v) is 4.25. The number of nitrogens with zero attached hydrogens (tertiary/aromatic N) is 2. The van der Waals surface area contributed by atoms with Crippen LogP contribution >= 0.6 is 11.6 Å². The van der Waals surface area contributed by atoms with Gasteiger partial charge in [0.05, 0.1) is 29.1 Å². The van der Waals surface area contributed by atoms with Gasteiger partial charge in [-0.2, -0.15) is 5.10 Å². The highest BCUT2D eigenvalue weighted by Crippen LogP contribution is 2.27. The minimum absolute atomic E-state index is 0.135. The number of nitrogens with one attached hydrogen (secondary N) is 4. The van der Waals surface area contributed by atoms with Crippen molar-refractivity contribution >= 4 is 46.3 Å². The fourth-order valence-electron chi connectivity index (χ4n) is 2.56. The number of carboxylic acid groups (broad SMARTS) is 1. The first-order valence-corrected chi connectivity index (χ1v) is 8.50. The molecule has 3 rings (SSSR count). The summed E-state index contributed by atoms with van der Waals surface area (Å²) in [6, 6.07) is 6.01. The summed E-state index contributed by atoms with van der Waals surface area (Å²) in [5.41, 5.74) is 1.34. The van der Waals surface area contributed by atoms with E-state index < -0.39 is 12.1 Å². The molecule has 2 heterocycles. The molecule has 2 aromatic heterocycles. The van der Waals surface area contributed by atoms with Crippen LogP contribution in [0.25, 0.3) is 10.9 Å². The van der Waals surface area contributed by atoms with Gasteiger partial charge < -0.3 is 15.2 Å². The van der Waals surface area contributed by atoms with Gasteiger partial charge in [-0.15, -0.1) is 0 Å². The van der Waals surface area contributed by atoms with Gasteiger partial charge in [0.15, 0.2) is 5.82 Å². The van der Waals surface area contributed by atoms with Crippen molar-refractivity contribution < 1.29 is 19.4 Å². The molecule has 0 aliphatic carbocycles. The number of aromatic nitrogens is 3. The first kappa shape index (κ1) is 19.2. The zero-order valence-electron chi connectivity index (χ0n) is 14.9. The number of aromatic amines is 1. The number of ether oxygens (including phenoxy) is 1. The average molecular weight is 405 g/mol. The molecule has 1 aromatic carbocycles. The molecule has 0 radical (unpaired) electrons. The summed E-state index contributed by atoms with van der Waals surface area (Å²) in [6.07, 6.45) is 0.176. The Kier molecular flexibility index (Phi) is 5.50. The van der Waals surface area contributed by atoms with Crippen LogP contribution in [-0.4, -0.2) is 39.5 Å². The molecule has 3 aromatic rings. The predicted octanol–water partition coefficient (Wildman–Crippen LogP) is 3.59. The Bertz CT molecular complexity index is 1040. The van der Waals surface area contributed by atoms with Crippen LogP contribution in [0.2, 0.25) is 5.02 Å². The highest BCUT2D eigenvalue weighted by atomic mass is 35.5. The summed E-state index contributed by atoms with van der Waals surface area (Å²) in [4.78, 5) is 27.1. The number of halogens is 1. The Balaban J connectivity index is 1.68. The number of H-pyrrole nitrogens is 1. The minimum atomic E-state index is -1.23. The van der Waals surface area contributed by atoms with E-state index in [1.165, 1.54) is 13.3 Å². The second-order valence-corrected chi connectivity index (χ2v) is 6.24. The number of rotatable bonds is 5. The van der Waals surface area contributed by atoms with E-state index in [0.717, 1.165) is 5.56 Å². The van der Waals surface area contributed by atoms with Gasteiger partial charge in [-0.25, -0.2) is 14.6 Å². The van der Waals surface area contributed by atoms with Crippen molar-refractivity contribution in [3.05, 3.63) is 41.0 Å². The molecule has 28 heavy (non-hydrogen) atoms. The van der Waals surface area contributed by atoms with E-state index >= 15 is 0 Å². The van der Waals surface area contributed by atoms with Crippen LogP contribution in [0, 0.1) is 0 Å². The largest absolute Gasteiger partial charge is 0.495 e. The maximum Gasteiger partial charge on any atom is 0.410 e. The molecule has 0 aliphatic heterocycles. The van der Waals surface area contributed by atoms with Crippen LogP contribution in [0.4, 0.5) is 21.2 Å². The minimum Gasteiger partial charge on any atom is -0.495 e. The standard InChI is InChI=1S/C17H17ClN6O4/c1-8(9-3-4-11(18)13(5-9)28-2)20-16(25)21-14-6-12-10(7-19-14)15(24-23-12)22-17(26)27/h3-8H,1-2H3,(H,26,27)(H2,22,23,24)(H2,19,20,21,25). The molecule has 3 amide bonds. The highest BCUT2D eigenvalue weighted by Gasteiger charge is 2.14. The highest BCUT2D eigenvalue weighted by molar-refractivity contribution is 6.32. The van der Waals surface area contributed by atoms with Crippen molar-refractivity contribution in [1.29, 1.82) is 0 Å². The lowest BCUT2D eigenvalue weighted by atomic mass is 10.1. The number of hydrogen-bond donors (Lipinski definition) is 5. The fraction of sp³-hybridized carbons (Fsp3) is 0.176. The second-order valence-electron chi connectivity index (χ2n) is 5.83. The molecule has 0 saturated heterocycles. The van der Waals surface area contributed by atoms with E-state index in [4.69, 9.17) is 21.4 Å². The van der Waals surface area contributed by atoms with Gasteiger partial charge in [-0.3, -0.25) is 15.7 Å². The maximum absolute atomic E-state index is 12.3. The molecular formula is C17H17ClN6O4. The van der Waals surface area contributed by atoms with Gasteiger partial charge in [0.2, 0.25) is 0 Å². The Morgan fingerprint density at radius 3 is 2.79 bits per heavy atom. The predicted molar refractivity (Wildman–Crippen MR) is 104 cm³/mol. The molecule has 0 spiro atoms. The number of fused-ring (bicyclic) bond motifs is 1. The summed E-state index contributed by atoms with van der Waals surface area (Å²) in [7, 11) is 1.52.